The highest BCUT2D eigenvalue weighted by atomic mass is 35.5. The van der Waals surface area contributed by atoms with Crippen LogP contribution < -0.4 is 5.32 Å². The van der Waals surface area contributed by atoms with Gasteiger partial charge >= 0.3 is 0 Å². The SMILES string of the molecule is CCN1C(=S)N[C@@H](c2ccccn2)[C@@H]1c1cccn1-c1cccc(Cl)c1. The molecule has 0 bridgehead atoms. The van der Waals surface area contributed by atoms with Gasteiger partial charge in [0.25, 0.3) is 0 Å². The van der Waals surface area contributed by atoms with E-state index in [1.54, 1.807) is 0 Å². The predicted octanol–water partition coefficient (Wildman–Crippen LogP) is 4.52. The Bertz CT molecular complexity index is 924. The lowest BCUT2D eigenvalue weighted by atomic mass is 10.0. The van der Waals surface area contributed by atoms with E-state index in [1.807, 2.05) is 42.6 Å². The number of benzene rings is 1. The van der Waals surface area contributed by atoms with Crippen LogP contribution in [0.1, 0.15) is 30.4 Å². The Balaban J connectivity index is 1.82. The second-order valence-corrected chi connectivity index (χ2v) is 7.02. The summed E-state index contributed by atoms with van der Waals surface area (Å²) < 4.78 is 2.17. The highest BCUT2D eigenvalue weighted by Gasteiger charge is 2.40. The van der Waals surface area contributed by atoms with Gasteiger partial charge in [0.05, 0.1) is 17.8 Å². The van der Waals surface area contributed by atoms with E-state index in [1.165, 1.54) is 0 Å². The molecule has 4 rings (SSSR count). The number of likely N-dealkylation sites (N-methyl/N-ethyl adjacent to an activating group) is 1. The van der Waals surface area contributed by atoms with Crippen molar-refractivity contribution >= 4 is 28.9 Å². The number of halogens is 1. The molecule has 1 fully saturated rings. The maximum Gasteiger partial charge on any atom is 0.170 e. The molecule has 1 N–H and O–H groups in total. The molecule has 1 saturated heterocycles. The molecule has 1 aliphatic rings. The van der Waals surface area contributed by atoms with E-state index in [0.29, 0.717) is 0 Å². The maximum absolute atomic E-state index is 6.21. The molecule has 2 atom stereocenters. The molecule has 0 saturated carbocycles. The van der Waals surface area contributed by atoms with Crippen LogP contribution in [0.3, 0.4) is 0 Å². The smallest absolute Gasteiger partial charge is 0.170 e. The molecule has 2 aromatic heterocycles. The third-order valence-corrected chi connectivity index (χ3v) is 5.30. The average Bonchev–Trinajstić information content (AvgIpc) is 3.26. The van der Waals surface area contributed by atoms with Gasteiger partial charge in [-0.05, 0) is 61.6 Å². The predicted molar refractivity (Wildman–Crippen MR) is 109 cm³/mol. The molecule has 4 nitrogen and oxygen atoms in total. The van der Waals surface area contributed by atoms with E-state index in [0.717, 1.165) is 33.8 Å². The van der Waals surface area contributed by atoms with Crippen LogP contribution in [0, 0.1) is 0 Å². The van der Waals surface area contributed by atoms with Gasteiger partial charge in [-0.3, -0.25) is 4.98 Å². The third kappa shape index (κ3) is 2.97. The first-order valence-corrected chi connectivity index (χ1v) is 9.39. The van der Waals surface area contributed by atoms with E-state index >= 15 is 0 Å². The molecular weight excluding hydrogens is 364 g/mol. The molecule has 1 aliphatic heterocycles. The molecule has 0 amide bonds. The summed E-state index contributed by atoms with van der Waals surface area (Å²) in [4.78, 5) is 6.77. The summed E-state index contributed by atoms with van der Waals surface area (Å²) in [5.41, 5.74) is 3.16. The fourth-order valence-corrected chi connectivity index (χ4v) is 4.12. The Morgan fingerprint density at radius 2 is 2.04 bits per heavy atom. The van der Waals surface area contributed by atoms with Crippen molar-refractivity contribution in [1.82, 2.24) is 19.8 Å². The van der Waals surface area contributed by atoms with Crippen molar-refractivity contribution in [3.8, 4) is 5.69 Å². The van der Waals surface area contributed by atoms with Crippen molar-refractivity contribution in [2.45, 2.75) is 19.0 Å². The van der Waals surface area contributed by atoms with Crippen molar-refractivity contribution in [3.63, 3.8) is 0 Å². The molecule has 26 heavy (non-hydrogen) atoms. The van der Waals surface area contributed by atoms with Crippen molar-refractivity contribution < 1.29 is 0 Å². The molecule has 0 aliphatic carbocycles. The number of pyridine rings is 1. The van der Waals surface area contributed by atoms with Crippen molar-refractivity contribution in [3.05, 3.63) is 83.4 Å². The van der Waals surface area contributed by atoms with Gasteiger partial charge in [-0.15, -0.1) is 0 Å². The van der Waals surface area contributed by atoms with E-state index in [-0.39, 0.29) is 12.1 Å². The van der Waals surface area contributed by atoms with Gasteiger partial charge in [0.2, 0.25) is 0 Å². The largest absolute Gasteiger partial charge is 0.352 e. The molecule has 3 aromatic rings. The first kappa shape index (κ1) is 17.1. The van der Waals surface area contributed by atoms with Crippen molar-refractivity contribution in [1.29, 1.82) is 0 Å². The van der Waals surface area contributed by atoms with E-state index in [2.05, 4.69) is 51.1 Å². The van der Waals surface area contributed by atoms with Gasteiger partial charge in [0.15, 0.2) is 5.11 Å². The molecule has 0 radical (unpaired) electrons. The second-order valence-electron chi connectivity index (χ2n) is 6.20. The van der Waals surface area contributed by atoms with Crippen LogP contribution in [0.2, 0.25) is 5.02 Å². The number of nitrogens with one attached hydrogen (secondary N) is 1. The fraction of sp³-hybridized carbons (Fsp3) is 0.200. The van der Waals surface area contributed by atoms with Crippen LogP contribution in [-0.2, 0) is 0 Å². The highest BCUT2D eigenvalue weighted by Crippen LogP contribution is 2.39. The van der Waals surface area contributed by atoms with Gasteiger partial charge in [0, 0.05) is 35.3 Å². The van der Waals surface area contributed by atoms with Crippen molar-refractivity contribution in [2.75, 3.05) is 6.54 Å². The Labute approximate surface area is 163 Å². The Hall–Kier alpha value is -2.37. The highest BCUT2D eigenvalue weighted by molar-refractivity contribution is 7.80. The van der Waals surface area contributed by atoms with Gasteiger partial charge < -0.3 is 14.8 Å². The molecule has 3 heterocycles. The van der Waals surface area contributed by atoms with Gasteiger partial charge in [0.1, 0.15) is 0 Å². The standard InChI is InChI=1S/C20H19ClN4S/c1-2-24-19(18(23-20(24)26)16-9-3-4-11-22-16)17-10-6-12-25(17)15-8-5-7-14(21)13-15/h3-13,18-19H,2H2,1H3,(H,23,26)/t18-,19-/m0/s1. The minimum atomic E-state index is -0.00326. The summed E-state index contributed by atoms with van der Waals surface area (Å²) in [6.07, 6.45) is 3.88. The molecule has 0 spiro atoms. The van der Waals surface area contributed by atoms with Crippen LogP contribution in [0.4, 0.5) is 0 Å². The number of thiocarbonyl (C=S) groups is 1. The zero-order chi connectivity index (χ0) is 18.1. The quantitative estimate of drug-likeness (QED) is 0.672. The van der Waals surface area contributed by atoms with Crippen LogP contribution in [-0.4, -0.2) is 26.1 Å². The average molecular weight is 383 g/mol. The normalized spacial score (nSPS) is 19.6. The summed E-state index contributed by atoms with van der Waals surface area (Å²) >= 11 is 11.8. The third-order valence-electron chi connectivity index (χ3n) is 4.71. The van der Waals surface area contributed by atoms with Gasteiger partial charge in [-0.1, -0.05) is 23.7 Å². The second kappa shape index (κ2) is 7.09. The Kier molecular flexibility index (Phi) is 4.66. The van der Waals surface area contributed by atoms with Crippen LogP contribution in [0.5, 0.6) is 0 Å². The Morgan fingerprint density at radius 3 is 2.77 bits per heavy atom. The van der Waals surface area contributed by atoms with Crippen LogP contribution in [0.15, 0.2) is 67.0 Å². The van der Waals surface area contributed by atoms with Gasteiger partial charge in [-0.25, -0.2) is 0 Å². The fourth-order valence-electron chi connectivity index (χ4n) is 3.56. The lowest BCUT2D eigenvalue weighted by molar-refractivity contribution is 0.321. The summed E-state index contributed by atoms with van der Waals surface area (Å²) in [6.45, 7) is 2.94. The number of hydrogen-bond donors (Lipinski definition) is 1. The summed E-state index contributed by atoms with van der Waals surface area (Å²) in [7, 11) is 0. The first-order valence-electron chi connectivity index (χ1n) is 8.60. The van der Waals surface area contributed by atoms with Crippen LogP contribution in [0.25, 0.3) is 5.69 Å². The zero-order valence-corrected chi connectivity index (χ0v) is 15.9. The van der Waals surface area contributed by atoms with Crippen LogP contribution >= 0.6 is 23.8 Å². The van der Waals surface area contributed by atoms with E-state index in [4.69, 9.17) is 23.8 Å². The number of rotatable bonds is 4. The van der Waals surface area contributed by atoms with E-state index in [9.17, 15) is 0 Å². The number of hydrogen-bond acceptors (Lipinski definition) is 2. The Morgan fingerprint density at radius 1 is 1.15 bits per heavy atom. The number of nitrogens with zero attached hydrogens (tertiary/aromatic N) is 3. The first-order chi connectivity index (χ1) is 12.7. The topological polar surface area (TPSA) is 33.1 Å². The molecule has 6 heteroatoms. The minimum Gasteiger partial charge on any atom is -0.352 e. The molecule has 0 unspecified atom stereocenters. The lowest BCUT2D eigenvalue weighted by Crippen LogP contribution is -2.30. The summed E-state index contributed by atoms with van der Waals surface area (Å²) in [6, 6.07) is 18.1. The molecular formula is C20H19ClN4S. The van der Waals surface area contributed by atoms with E-state index < -0.39 is 0 Å². The van der Waals surface area contributed by atoms with Crippen molar-refractivity contribution in [2.24, 2.45) is 0 Å². The van der Waals surface area contributed by atoms with Gasteiger partial charge in [-0.2, -0.15) is 0 Å². The maximum atomic E-state index is 6.21. The number of aromatic nitrogens is 2. The minimum absolute atomic E-state index is 0.00326. The monoisotopic (exact) mass is 382 g/mol. The molecule has 1 aromatic carbocycles. The summed E-state index contributed by atoms with van der Waals surface area (Å²) in [5, 5.41) is 4.93. The summed E-state index contributed by atoms with van der Waals surface area (Å²) in [5.74, 6) is 0. The lowest BCUT2D eigenvalue weighted by Gasteiger charge is -2.28. The molecule has 132 valence electrons. The zero-order valence-electron chi connectivity index (χ0n) is 14.3.